The quantitative estimate of drug-likeness (QED) is 0.912. The summed E-state index contributed by atoms with van der Waals surface area (Å²) in [7, 11) is 0. The lowest BCUT2D eigenvalue weighted by atomic mass is 9.88. The van der Waals surface area contributed by atoms with Gasteiger partial charge in [-0.15, -0.1) is 0 Å². The second-order valence-electron chi connectivity index (χ2n) is 5.54. The third-order valence-electron chi connectivity index (χ3n) is 2.84. The molecule has 0 amide bonds. The van der Waals surface area contributed by atoms with Gasteiger partial charge in [0, 0.05) is 17.2 Å². The molecule has 0 radical (unpaired) electrons. The van der Waals surface area contributed by atoms with E-state index in [-0.39, 0.29) is 5.56 Å². The first-order chi connectivity index (χ1) is 9.29. The van der Waals surface area contributed by atoms with Gasteiger partial charge in [-0.25, -0.2) is 9.18 Å². The van der Waals surface area contributed by atoms with Gasteiger partial charge in [0.15, 0.2) is 0 Å². The van der Waals surface area contributed by atoms with Gasteiger partial charge in [-0.05, 0) is 18.2 Å². The molecule has 4 nitrogen and oxygen atoms in total. The van der Waals surface area contributed by atoms with Crippen molar-refractivity contribution in [2.75, 3.05) is 0 Å². The van der Waals surface area contributed by atoms with Gasteiger partial charge in [0.1, 0.15) is 5.82 Å². The molecule has 0 atom stereocenters. The van der Waals surface area contributed by atoms with Gasteiger partial charge >= 0.3 is 5.97 Å². The molecule has 0 aromatic carbocycles. The van der Waals surface area contributed by atoms with E-state index in [1.165, 1.54) is 18.3 Å². The fraction of sp³-hybridized carbons (Fsp3) is 0.267. The molecule has 0 aliphatic heterocycles. The van der Waals surface area contributed by atoms with E-state index >= 15 is 0 Å². The molecule has 0 fully saturated rings. The molecule has 5 heteroatoms. The second-order valence-corrected chi connectivity index (χ2v) is 5.54. The molecule has 104 valence electrons. The number of carboxylic acid groups (broad SMARTS) is 1. The molecule has 2 aromatic rings. The van der Waals surface area contributed by atoms with Crippen LogP contribution in [0.3, 0.4) is 0 Å². The van der Waals surface area contributed by atoms with Crippen LogP contribution in [0.1, 0.15) is 36.8 Å². The summed E-state index contributed by atoms with van der Waals surface area (Å²) in [5.74, 6) is -1.48. The Morgan fingerprint density at radius 3 is 2.50 bits per heavy atom. The summed E-state index contributed by atoms with van der Waals surface area (Å²) < 4.78 is 13.2. The number of nitrogens with zero attached hydrogens (tertiary/aromatic N) is 2. The van der Waals surface area contributed by atoms with Crippen molar-refractivity contribution in [3.63, 3.8) is 0 Å². The van der Waals surface area contributed by atoms with Crippen LogP contribution in [0.2, 0.25) is 0 Å². The highest BCUT2D eigenvalue weighted by molar-refractivity contribution is 5.89. The van der Waals surface area contributed by atoms with E-state index in [1.54, 1.807) is 6.07 Å². The minimum absolute atomic E-state index is 0.158. The molecule has 0 aliphatic carbocycles. The molecule has 0 spiro atoms. The van der Waals surface area contributed by atoms with Crippen LogP contribution < -0.4 is 0 Å². The van der Waals surface area contributed by atoms with Crippen LogP contribution in [0.15, 0.2) is 30.6 Å². The van der Waals surface area contributed by atoms with Gasteiger partial charge in [-0.3, -0.25) is 9.97 Å². The topological polar surface area (TPSA) is 63.1 Å². The minimum atomic E-state index is -1.02. The Bertz CT molecular complexity index is 663. The van der Waals surface area contributed by atoms with E-state index in [2.05, 4.69) is 9.97 Å². The van der Waals surface area contributed by atoms with E-state index in [0.717, 1.165) is 6.20 Å². The Balaban J connectivity index is 2.61. The van der Waals surface area contributed by atoms with Gasteiger partial charge in [0.25, 0.3) is 0 Å². The SMILES string of the molecule is CC(C)(C)c1nc(-c2cncc(F)c2)ccc1C(=O)O. The van der Waals surface area contributed by atoms with E-state index in [1.807, 2.05) is 20.8 Å². The van der Waals surface area contributed by atoms with E-state index in [0.29, 0.717) is 17.0 Å². The fourth-order valence-electron chi connectivity index (χ4n) is 1.92. The summed E-state index contributed by atoms with van der Waals surface area (Å²) in [6.45, 7) is 5.65. The van der Waals surface area contributed by atoms with Crippen molar-refractivity contribution >= 4 is 5.97 Å². The van der Waals surface area contributed by atoms with Crippen LogP contribution in [0.4, 0.5) is 4.39 Å². The molecular weight excluding hydrogens is 259 g/mol. The van der Waals surface area contributed by atoms with Crippen LogP contribution in [0.25, 0.3) is 11.3 Å². The molecule has 0 bridgehead atoms. The summed E-state index contributed by atoms with van der Waals surface area (Å²) in [6.07, 6.45) is 2.61. The predicted octanol–water partition coefficient (Wildman–Crippen LogP) is 3.28. The summed E-state index contributed by atoms with van der Waals surface area (Å²) in [5.41, 5.74) is 1.22. The van der Waals surface area contributed by atoms with Gasteiger partial charge < -0.3 is 5.11 Å². The molecule has 1 N–H and O–H groups in total. The van der Waals surface area contributed by atoms with Crippen LogP contribution in [0, 0.1) is 5.82 Å². The smallest absolute Gasteiger partial charge is 0.337 e. The summed E-state index contributed by atoms with van der Waals surface area (Å²) in [4.78, 5) is 19.4. The highest BCUT2D eigenvalue weighted by Gasteiger charge is 2.24. The minimum Gasteiger partial charge on any atom is -0.478 e. The van der Waals surface area contributed by atoms with Crippen molar-refractivity contribution in [2.45, 2.75) is 26.2 Å². The van der Waals surface area contributed by atoms with Crippen molar-refractivity contribution in [2.24, 2.45) is 0 Å². The Morgan fingerprint density at radius 2 is 1.95 bits per heavy atom. The zero-order chi connectivity index (χ0) is 14.9. The highest BCUT2D eigenvalue weighted by atomic mass is 19.1. The van der Waals surface area contributed by atoms with Crippen molar-refractivity contribution in [1.82, 2.24) is 9.97 Å². The van der Waals surface area contributed by atoms with Crippen molar-refractivity contribution < 1.29 is 14.3 Å². The highest BCUT2D eigenvalue weighted by Crippen LogP contribution is 2.27. The van der Waals surface area contributed by atoms with Gasteiger partial charge in [0.05, 0.1) is 23.1 Å². The largest absolute Gasteiger partial charge is 0.478 e. The Morgan fingerprint density at radius 1 is 1.25 bits per heavy atom. The average Bonchev–Trinajstić information content (AvgIpc) is 2.37. The summed E-state index contributed by atoms with van der Waals surface area (Å²) >= 11 is 0. The molecular formula is C15H15FN2O2. The molecule has 2 heterocycles. The zero-order valence-corrected chi connectivity index (χ0v) is 11.5. The van der Waals surface area contributed by atoms with Crippen LogP contribution in [-0.4, -0.2) is 21.0 Å². The average molecular weight is 274 g/mol. The number of carboxylic acids is 1. The lowest BCUT2D eigenvalue weighted by molar-refractivity contribution is 0.0693. The monoisotopic (exact) mass is 274 g/mol. The van der Waals surface area contributed by atoms with E-state index in [9.17, 15) is 14.3 Å². The number of aromatic carboxylic acids is 1. The molecule has 20 heavy (non-hydrogen) atoms. The lowest BCUT2D eigenvalue weighted by Gasteiger charge is -2.20. The standard InChI is InChI=1S/C15H15FN2O2/c1-15(2,3)13-11(14(19)20)4-5-12(18-13)9-6-10(16)8-17-7-9/h4-8H,1-3H3,(H,19,20). The van der Waals surface area contributed by atoms with Crippen LogP contribution in [0.5, 0.6) is 0 Å². The van der Waals surface area contributed by atoms with Crippen LogP contribution in [-0.2, 0) is 5.41 Å². The molecule has 0 unspecified atom stereocenters. The molecule has 0 saturated carbocycles. The molecule has 0 aliphatic rings. The maximum absolute atomic E-state index is 13.2. The van der Waals surface area contributed by atoms with E-state index in [4.69, 9.17) is 0 Å². The maximum atomic E-state index is 13.2. The van der Waals surface area contributed by atoms with Gasteiger partial charge in [0.2, 0.25) is 0 Å². The summed E-state index contributed by atoms with van der Waals surface area (Å²) in [6, 6.07) is 4.38. The van der Waals surface area contributed by atoms with Crippen LogP contribution >= 0.6 is 0 Å². The van der Waals surface area contributed by atoms with Crippen molar-refractivity contribution in [3.05, 3.63) is 47.7 Å². The number of hydrogen-bond donors (Lipinski definition) is 1. The molecule has 2 aromatic heterocycles. The number of aromatic nitrogens is 2. The van der Waals surface area contributed by atoms with Crippen molar-refractivity contribution in [3.8, 4) is 11.3 Å². The number of rotatable bonds is 2. The summed E-state index contributed by atoms with van der Waals surface area (Å²) in [5, 5.41) is 9.22. The van der Waals surface area contributed by atoms with E-state index < -0.39 is 17.2 Å². The molecule has 0 saturated heterocycles. The number of carbonyl (C=O) groups is 1. The Hall–Kier alpha value is -2.30. The maximum Gasteiger partial charge on any atom is 0.337 e. The van der Waals surface area contributed by atoms with Crippen molar-refractivity contribution in [1.29, 1.82) is 0 Å². The second kappa shape index (κ2) is 5.00. The first-order valence-electron chi connectivity index (χ1n) is 6.15. The first kappa shape index (κ1) is 14.1. The Kier molecular flexibility index (Phi) is 3.53. The lowest BCUT2D eigenvalue weighted by Crippen LogP contribution is -2.19. The molecule has 2 rings (SSSR count). The Labute approximate surface area is 116 Å². The fourth-order valence-corrected chi connectivity index (χ4v) is 1.92. The third-order valence-corrected chi connectivity index (χ3v) is 2.84. The normalized spacial score (nSPS) is 11.4. The number of halogens is 1. The first-order valence-corrected chi connectivity index (χ1v) is 6.15. The van der Waals surface area contributed by atoms with Gasteiger partial charge in [-0.1, -0.05) is 20.8 Å². The number of pyridine rings is 2. The predicted molar refractivity (Wildman–Crippen MR) is 73.1 cm³/mol. The zero-order valence-electron chi connectivity index (χ0n) is 11.5. The third kappa shape index (κ3) is 2.82. The van der Waals surface area contributed by atoms with Gasteiger partial charge in [-0.2, -0.15) is 0 Å². The number of hydrogen-bond acceptors (Lipinski definition) is 3.